The van der Waals surface area contributed by atoms with Gasteiger partial charge in [0.15, 0.2) is 0 Å². The van der Waals surface area contributed by atoms with Crippen molar-refractivity contribution < 1.29 is 17.9 Å². The first kappa shape index (κ1) is 16.5. The van der Waals surface area contributed by atoms with E-state index in [0.717, 1.165) is 18.6 Å². The minimum Gasteiger partial charge on any atom is -0.462 e. The van der Waals surface area contributed by atoms with Crippen LogP contribution in [0, 0.1) is 5.92 Å². The lowest BCUT2D eigenvalue weighted by Crippen LogP contribution is -2.50. The van der Waals surface area contributed by atoms with Crippen LogP contribution in [0.2, 0.25) is 0 Å². The summed E-state index contributed by atoms with van der Waals surface area (Å²) in [6.07, 6.45) is 3.01. The first-order valence-electron chi connectivity index (χ1n) is 7.31. The van der Waals surface area contributed by atoms with E-state index in [1.165, 1.54) is 6.26 Å². The van der Waals surface area contributed by atoms with Crippen molar-refractivity contribution in [3.05, 3.63) is 23.7 Å². The van der Waals surface area contributed by atoms with Crippen LogP contribution in [-0.2, 0) is 23.2 Å². The third-order valence-corrected chi connectivity index (χ3v) is 5.37. The molecule has 21 heavy (non-hydrogen) atoms. The summed E-state index contributed by atoms with van der Waals surface area (Å²) in [5.41, 5.74) is 0. The highest BCUT2D eigenvalue weighted by Crippen LogP contribution is 2.22. The second-order valence-electron chi connectivity index (χ2n) is 5.59. The molecule has 0 amide bonds. The summed E-state index contributed by atoms with van der Waals surface area (Å²) < 4.78 is 30.3. The Morgan fingerprint density at radius 3 is 2.71 bits per heavy atom. The highest BCUT2D eigenvalue weighted by atomic mass is 32.2. The largest absolute Gasteiger partial charge is 0.462 e. The number of hydrogen-bond donors (Lipinski definition) is 2. The summed E-state index contributed by atoms with van der Waals surface area (Å²) in [5, 5.41) is 12.4. The second-order valence-corrected chi connectivity index (χ2v) is 7.57. The molecule has 6 nitrogen and oxygen atoms in total. The smallest absolute Gasteiger partial charge is 0.211 e. The highest BCUT2D eigenvalue weighted by molar-refractivity contribution is 7.88. The Kier molecular flexibility index (Phi) is 5.43. The maximum absolute atomic E-state index is 11.6. The first-order valence-corrected chi connectivity index (χ1v) is 9.15. The Balaban J connectivity index is 1.91. The van der Waals surface area contributed by atoms with E-state index in [2.05, 4.69) is 12.2 Å². The minimum atomic E-state index is -3.10. The van der Waals surface area contributed by atoms with Gasteiger partial charge in [-0.1, -0.05) is 13.3 Å². The van der Waals surface area contributed by atoms with Crippen LogP contribution < -0.4 is 5.32 Å². The van der Waals surface area contributed by atoms with Crippen LogP contribution in [0.1, 0.15) is 31.3 Å². The van der Waals surface area contributed by atoms with Gasteiger partial charge >= 0.3 is 0 Å². The van der Waals surface area contributed by atoms with E-state index in [0.29, 0.717) is 31.3 Å². The molecular formula is C14H24N2O4S. The van der Waals surface area contributed by atoms with Crippen LogP contribution in [0.25, 0.3) is 0 Å². The minimum absolute atomic E-state index is 0.0929. The van der Waals surface area contributed by atoms with E-state index in [4.69, 9.17) is 9.52 Å². The Morgan fingerprint density at radius 1 is 1.43 bits per heavy atom. The number of rotatable bonds is 6. The first-order chi connectivity index (χ1) is 9.94. The fourth-order valence-electron chi connectivity index (χ4n) is 2.82. The van der Waals surface area contributed by atoms with Crippen LogP contribution in [0.3, 0.4) is 0 Å². The van der Waals surface area contributed by atoms with Crippen molar-refractivity contribution in [3.63, 3.8) is 0 Å². The fourth-order valence-corrected chi connectivity index (χ4v) is 3.72. The van der Waals surface area contributed by atoms with Gasteiger partial charge in [0.2, 0.25) is 10.0 Å². The third kappa shape index (κ3) is 4.29. The molecule has 0 bridgehead atoms. The molecule has 2 heterocycles. The summed E-state index contributed by atoms with van der Waals surface area (Å²) in [4.78, 5) is 0. The van der Waals surface area contributed by atoms with E-state index in [-0.39, 0.29) is 12.6 Å². The van der Waals surface area contributed by atoms with Gasteiger partial charge in [0.25, 0.3) is 0 Å². The molecule has 0 saturated carbocycles. The van der Waals surface area contributed by atoms with Crippen molar-refractivity contribution in [3.8, 4) is 0 Å². The van der Waals surface area contributed by atoms with E-state index < -0.39 is 10.0 Å². The molecule has 120 valence electrons. The zero-order chi connectivity index (χ0) is 15.5. The average molecular weight is 316 g/mol. The molecule has 1 aromatic heterocycles. The lowest BCUT2D eigenvalue weighted by molar-refractivity contribution is 0.197. The summed E-state index contributed by atoms with van der Waals surface area (Å²) in [7, 11) is -3.10. The van der Waals surface area contributed by atoms with Gasteiger partial charge in [0.05, 0.1) is 12.8 Å². The van der Waals surface area contributed by atoms with Crippen LogP contribution in [0.4, 0.5) is 0 Å². The van der Waals surface area contributed by atoms with Crippen molar-refractivity contribution >= 4 is 10.0 Å². The standard InChI is InChI=1S/C14H24N2O4S/c1-3-11-9-16(21(2,18)19)7-6-14(11)15-8-12-4-5-13(10-17)20-12/h4-5,11,14-15,17H,3,6-10H2,1-2H3. The molecular weight excluding hydrogens is 292 g/mol. The Morgan fingerprint density at radius 2 is 2.14 bits per heavy atom. The topological polar surface area (TPSA) is 82.8 Å². The van der Waals surface area contributed by atoms with E-state index in [9.17, 15) is 8.42 Å². The summed E-state index contributed by atoms with van der Waals surface area (Å²) in [5.74, 6) is 1.66. The van der Waals surface area contributed by atoms with Gasteiger partial charge in [-0.25, -0.2) is 12.7 Å². The molecule has 2 atom stereocenters. The van der Waals surface area contributed by atoms with Gasteiger partial charge in [0.1, 0.15) is 18.1 Å². The molecule has 7 heteroatoms. The van der Waals surface area contributed by atoms with Crippen LogP contribution in [-0.4, -0.2) is 43.2 Å². The molecule has 2 rings (SSSR count). The van der Waals surface area contributed by atoms with Crippen molar-refractivity contribution in [1.29, 1.82) is 0 Å². The van der Waals surface area contributed by atoms with E-state index in [1.807, 2.05) is 6.07 Å². The molecule has 1 fully saturated rings. The van der Waals surface area contributed by atoms with Crippen molar-refractivity contribution in [2.45, 2.75) is 39.0 Å². The monoisotopic (exact) mass is 316 g/mol. The Hall–Kier alpha value is -0.890. The quantitative estimate of drug-likeness (QED) is 0.815. The number of nitrogens with zero attached hydrogens (tertiary/aromatic N) is 1. The summed E-state index contributed by atoms with van der Waals surface area (Å²) in [6.45, 7) is 3.73. The number of aliphatic hydroxyl groups is 1. The van der Waals surface area contributed by atoms with Gasteiger partial charge in [-0.05, 0) is 24.5 Å². The van der Waals surface area contributed by atoms with Crippen molar-refractivity contribution in [2.24, 2.45) is 5.92 Å². The Bertz CT molecular complexity index is 555. The number of hydrogen-bond acceptors (Lipinski definition) is 5. The number of aliphatic hydroxyl groups excluding tert-OH is 1. The van der Waals surface area contributed by atoms with E-state index >= 15 is 0 Å². The van der Waals surface area contributed by atoms with Gasteiger partial charge in [0, 0.05) is 19.1 Å². The van der Waals surface area contributed by atoms with Crippen molar-refractivity contribution in [2.75, 3.05) is 19.3 Å². The highest BCUT2D eigenvalue weighted by Gasteiger charge is 2.31. The van der Waals surface area contributed by atoms with Gasteiger partial charge in [-0.2, -0.15) is 0 Å². The normalized spacial score (nSPS) is 24.3. The number of piperidine rings is 1. The van der Waals surface area contributed by atoms with Crippen LogP contribution in [0.5, 0.6) is 0 Å². The molecule has 2 unspecified atom stereocenters. The fraction of sp³-hybridized carbons (Fsp3) is 0.714. The third-order valence-electron chi connectivity index (χ3n) is 4.10. The lowest BCUT2D eigenvalue weighted by Gasteiger charge is -2.37. The molecule has 0 aliphatic carbocycles. The van der Waals surface area contributed by atoms with Gasteiger partial charge in [-0.15, -0.1) is 0 Å². The van der Waals surface area contributed by atoms with Crippen LogP contribution in [0.15, 0.2) is 16.5 Å². The SMILES string of the molecule is CCC1CN(S(C)(=O)=O)CCC1NCc1ccc(CO)o1. The molecule has 2 N–H and O–H groups in total. The molecule has 0 spiro atoms. The maximum atomic E-state index is 11.6. The number of nitrogens with one attached hydrogen (secondary N) is 1. The number of furan rings is 1. The van der Waals surface area contributed by atoms with Gasteiger partial charge < -0.3 is 14.8 Å². The molecule has 1 saturated heterocycles. The molecule has 0 radical (unpaired) electrons. The average Bonchev–Trinajstić information content (AvgIpc) is 2.92. The predicted octanol–water partition coefficient (Wildman–Crippen LogP) is 0.922. The van der Waals surface area contributed by atoms with Gasteiger partial charge in [-0.3, -0.25) is 0 Å². The summed E-state index contributed by atoms with van der Waals surface area (Å²) in [6, 6.07) is 3.90. The predicted molar refractivity (Wildman–Crippen MR) is 80.1 cm³/mol. The molecule has 1 aliphatic rings. The zero-order valence-electron chi connectivity index (χ0n) is 12.6. The number of sulfonamides is 1. The lowest BCUT2D eigenvalue weighted by atomic mass is 9.91. The van der Waals surface area contributed by atoms with E-state index in [1.54, 1.807) is 10.4 Å². The van der Waals surface area contributed by atoms with Crippen molar-refractivity contribution in [1.82, 2.24) is 9.62 Å². The molecule has 1 aromatic rings. The second kappa shape index (κ2) is 6.91. The zero-order valence-corrected chi connectivity index (χ0v) is 13.4. The van der Waals surface area contributed by atoms with Crippen LogP contribution >= 0.6 is 0 Å². The molecule has 1 aliphatic heterocycles. The summed E-state index contributed by atoms with van der Waals surface area (Å²) >= 11 is 0. The Labute approximate surface area is 126 Å². The maximum Gasteiger partial charge on any atom is 0.211 e. The molecule has 0 aromatic carbocycles.